The highest BCUT2D eigenvalue weighted by Crippen LogP contribution is 2.43. The lowest BCUT2D eigenvalue weighted by Crippen LogP contribution is -2.10. The van der Waals surface area contributed by atoms with E-state index in [1.165, 1.54) is 55.1 Å². The van der Waals surface area contributed by atoms with E-state index in [0.717, 1.165) is 52.4 Å². The van der Waals surface area contributed by atoms with E-state index in [4.69, 9.17) is 4.42 Å². The highest BCUT2D eigenvalue weighted by molar-refractivity contribution is 6.00. The second-order valence-electron chi connectivity index (χ2n) is 14.0. The van der Waals surface area contributed by atoms with Gasteiger partial charge in [-0.1, -0.05) is 158 Å². The zero-order valence-electron chi connectivity index (χ0n) is 29.8. The molecule has 1 aliphatic rings. The number of benzene rings is 8. The quantitative estimate of drug-likeness (QED) is 0.165. The average molecular weight is 692 g/mol. The summed E-state index contributed by atoms with van der Waals surface area (Å²) in [7, 11) is 0. The van der Waals surface area contributed by atoms with Gasteiger partial charge >= 0.3 is 0 Å². The fourth-order valence-corrected chi connectivity index (χ4v) is 8.14. The zero-order valence-corrected chi connectivity index (χ0v) is 29.8. The topological polar surface area (TPSA) is 16.4 Å². The van der Waals surface area contributed by atoms with Crippen molar-refractivity contribution in [1.29, 1.82) is 0 Å². The summed E-state index contributed by atoms with van der Waals surface area (Å²) in [5.74, 6) is 1.01. The van der Waals surface area contributed by atoms with Crippen LogP contribution < -0.4 is 4.90 Å². The molecule has 0 bridgehead atoms. The van der Waals surface area contributed by atoms with Crippen LogP contribution >= 0.6 is 0 Å². The fraction of sp³-hybridized carbons (Fsp3) is 0.0385. The molecule has 0 atom stereocenters. The fourth-order valence-electron chi connectivity index (χ4n) is 8.14. The van der Waals surface area contributed by atoms with E-state index >= 15 is 0 Å². The highest BCUT2D eigenvalue weighted by Gasteiger charge is 2.23. The van der Waals surface area contributed by atoms with Crippen LogP contribution in [0, 0.1) is 0 Å². The lowest BCUT2D eigenvalue weighted by molar-refractivity contribution is 0.592. The monoisotopic (exact) mass is 691 g/mol. The zero-order chi connectivity index (χ0) is 35.8. The van der Waals surface area contributed by atoms with Crippen molar-refractivity contribution in [1.82, 2.24) is 0 Å². The van der Waals surface area contributed by atoms with Crippen molar-refractivity contribution in [3.63, 3.8) is 0 Å². The first-order valence-corrected chi connectivity index (χ1v) is 18.7. The van der Waals surface area contributed by atoms with Gasteiger partial charge in [-0.15, -0.1) is 0 Å². The summed E-state index contributed by atoms with van der Waals surface area (Å²) in [4.78, 5) is 2.35. The summed E-state index contributed by atoms with van der Waals surface area (Å²) in [6.45, 7) is 0. The van der Waals surface area contributed by atoms with Gasteiger partial charge < -0.3 is 9.32 Å². The molecular weight excluding hydrogens is 655 g/mol. The van der Waals surface area contributed by atoms with Crippen molar-refractivity contribution in [2.24, 2.45) is 0 Å². The molecule has 8 aromatic carbocycles. The molecule has 1 heterocycles. The Hall–Kier alpha value is -6.90. The van der Waals surface area contributed by atoms with Gasteiger partial charge in [-0.25, -0.2) is 0 Å². The molecule has 0 saturated heterocycles. The van der Waals surface area contributed by atoms with Gasteiger partial charge in [0.25, 0.3) is 0 Å². The van der Waals surface area contributed by atoms with Gasteiger partial charge in [0, 0.05) is 38.8 Å². The lowest BCUT2D eigenvalue weighted by Gasteiger charge is -2.27. The molecule has 1 aliphatic carbocycles. The van der Waals surface area contributed by atoms with E-state index in [1.807, 2.05) is 0 Å². The molecule has 2 nitrogen and oxygen atoms in total. The predicted molar refractivity (Wildman–Crippen MR) is 227 cm³/mol. The van der Waals surface area contributed by atoms with Crippen LogP contribution in [0.1, 0.15) is 23.3 Å². The van der Waals surface area contributed by atoms with E-state index < -0.39 is 0 Å². The number of fused-ring (bicyclic) bond motifs is 4. The molecule has 0 unspecified atom stereocenters. The first kappa shape index (κ1) is 31.8. The molecule has 0 aliphatic heterocycles. The van der Waals surface area contributed by atoms with Crippen LogP contribution in [0.3, 0.4) is 0 Å². The minimum Gasteiger partial charge on any atom is -0.455 e. The summed E-state index contributed by atoms with van der Waals surface area (Å²) in [5, 5.41) is 3.66. The number of rotatable bonds is 7. The van der Waals surface area contributed by atoms with Crippen LogP contribution in [-0.4, -0.2) is 0 Å². The van der Waals surface area contributed by atoms with Crippen LogP contribution in [0.15, 0.2) is 205 Å². The minimum absolute atomic E-state index is 0.963. The van der Waals surface area contributed by atoms with Gasteiger partial charge in [0.15, 0.2) is 0 Å². The van der Waals surface area contributed by atoms with Crippen molar-refractivity contribution in [2.75, 3.05) is 4.90 Å². The maximum absolute atomic E-state index is 6.80. The Kier molecular flexibility index (Phi) is 8.00. The Labute approximate surface area is 315 Å². The first-order valence-electron chi connectivity index (χ1n) is 18.7. The molecule has 0 spiro atoms. The SMILES string of the molecule is C1=C(c2ccccc2)c2oc3c(-c4cccc(-c5cccc(-c6ccc(N(c7ccccc7)c7cccc8ccccc78)cc6)c5)c4)cccc3c2CC1. The molecule has 0 N–H and O–H groups in total. The van der Waals surface area contributed by atoms with Crippen LogP contribution in [0.2, 0.25) is 0 Å². The highest BCUT2D eigenvalue weighted by atomic mass is 16.3. The Morgan fingerprint density at radius 3 is 1.80 bits per heavy atom. The number of allylic oxidation sites excluding steroid dienone is 1. The molecular formula is C52H37NO. The van der Waals surface area contributed by atoms with E-state index in [2.05, 4.69) is 205 Å². The smallest absolute Gasteiger partial charge is 0.142 e. The van der Waals surface area contributed by atoms with E-state index in [1.54, 1.807) is 0 Å². The molecule has 256 valence electrons. The summed E-state index contributed by atoms with van der Waals surface area (Å²) in [5.41, 5.74) is 15.1. The number of anilines is 3. The molecule has 0 radical (unpaired) electrons. The summed E-state index contributed by atoms with van der Waals surface area (Å²) < 4.78 is 6.80. The number of nitrogens with zero attached hydrogens (tertiary/aromatic N) is 1. The number of aryl methyl sites for hydroxylation is 1. The summed E-state index contributed by atoms with van der Waals surface area (Å²) in [6, 6.07) is 69.6. The average Bonchev–Trinajstić information content (AvgIpc) is 3.64. The van der Waals surface area contributed by atoms with Crippen LogP contribution in [0.4, 0.5) is 17.1 Å². The molecule has 1 aromatic heterocycles. The second-order valence-corrected chi connectivity index (χ2v) is 14.0. The molecule has 2 heteroatoms. The normalized spacial score (nSPS) is 12.4. The minimum atomic E-state index is 0.963. The molecule has 10 rings (SSSR count). The Balaban J connectivity index is 0.985. The van der Waals surface area contributed by atoms with Crippen molar-refractivity contribution in [3.8, 4) is 33.4 Å². The number of hydrogen-bond donors (Lipinski definition) is 0. The van der Waals surface area contributed by atoms with Crippen molar-refractivity contribution < 1.29 is 4.42 Å². The van der Waals surface area contributed by atoms with E-state index in [-0.39, 0.29) is 0 Å². The molecule has 9 aromatic rings. The van der Waals surface area contributed by atoms with E-state index in [0.29, 0.717) is 0 Å². The van der Waals surface area contributed by atoms with Crippen LogP contribution in [0.5, 0.6) is 0 Å². The standard InChI is InChI=1S/C52H37NO/c1-3-14-38(15-4-1)46-25-12-27-48-49-28-13-26-47(52(49)54-51(46)48)42-21-10-20-41(35-42)40-19-9-18-39(34-40)36-30-32-44(33-31-36)53(43-22-5-2-6-23-43)50-29-11-17-37-16-7-8-24-45(37)50/h1-11,13-26,28-35H,12,27H2. The third-order valence-electron chi connectivity index (χ3n) is 10.7. The second kappa shape index (κ2) is 13.6. The number of hydrogen-bond acceptors (Lipinski definition) is 2. The maximum Gasteiger partial charge on any atom is 0.142 e. The molecule has 0 saturated carbocycles. The Bertz CT molecular complexity index is 2810. The largest absolute Gasteiger partial charge is 0.455 e. The summed E-state index contributed by atoms with van der Waals surface area (Å²) >= 11 is 0. The Morgan fingerprint density at radius 1 is 0.426 bits per heavy atom. The number of para-hydroxylation sites is 2. The van der Waals surface area contributed by atoms with Crippen molar-refractivity contribution >= 4 is 44.4 Å². The lowest BCUT2D eigenvalue weighted by atomic mass is 9.90. The van der Waals surface area contributed by atoms with Gasteiger partial charge in [-0.3, -0.25) is 0 Å². The maximum atomic E-state index is 6.80. The first-order chi connectivity index (χ1) is 26.8. The predicted octanol–water partition coefficient (Wildman–Crippen LogP) is 14.4. The molecule has 0 fully saturated rings. The van der Waals surface area contributed by atoms with E-state index in [9.17, 15) is 0 Å². The molecule has 0 amide bonds. The molecule has 54 heavy (non-hydrogen) atoms. The van der Waals surface area contributed by atoms with Gasteiger partial charge in [0.1, 0.15) is 11.3 Å². The summed E-state index contributed by atoms with van der Waals surface area (Å²) in [6.07, 6.45) is 4.33. The van der Waals surface area contributed by atoms with Gasteiger partial charge in [-0.05, 0) is 94.1 Å². The van der Waals surface area contributed by atoms with Crippen molar-refractivity contribution in [3.05, 3.63) is 217 Å². The van der Waals surface area contributed by atoms with Crippen LogP contribution in [0.25, 0.3) is 60.7 Å². The van der Waals surface area contributed by atoms with Gasteiger partial charge in [0.2, 0.25) is 0 Å². The van der Waals surface area contributed by atoms with Gasteiger partial charge in [0.05, 0.1) is 5.69 Å². The Morgan fingerprint density at radius 2 is 1.00 bits per heavy atom. The van der Waals surface area contributed by atoms with Gasteiger partial charge in [-0.2, -0.15) is 0 Å². The number of furan rings is 1. The third kappa shape index (κ3) is 5.70. The third-order valence-corrected chi connectivity index (χ3v) is 10.7. The van der Waals surface area contributed by atoms with Crippen LogP contribution in [-0.2, 0) is 6.42 Å². The van der Waals surface area contributed by atoms with Crippen molar-refractivity contribution in [2.45, 2.75) is 12.8 Å².